The number of carbonyl (C=O) groups is 2. The highest BCUT2D eigenvalue weighted by Crippen LogP contribution is 2.24. The number of nitrogens with zero attached hydrogens (tertiary/aromatic N) is 3. The summed E-state index contributed by atoms with van der Waals surface area (Å²) in [5, 5.41) is 5.69. The Morgan fingerprint density at radius 2 is 1.59 bits per heavy atom. The van der Waals surface area contributed by atoms with Crippen molar-refractivity contribution in [3.63, 3.8) is 0 Å². The predicted molar refractivity (Wildman–Crippen MR) is 165 cm³/mol. The molecule has 2 aromatic heterocycles. The molecule has 8 nitrogen and oxygen atoms in total. The second-order valence-electron chi connectivity index (χ2n) is 9.38. The summed E-state index contributed by atoms with van der Waals surface area (Å²) in [5.41, 5.74) is 2.94. The van der Waals surface area contributed by atoms with Crippen LogP contribution in [0.3, 0.4) is 0 Å². The number of rotatable bonds is 10. The zero-order valence-corrected chi connectivity index (χ0v) is 23.6. The van der Waals surface area contributed by atoms with Crippen molar-refractivity contribution in [1.29, 1.82) is 0 Å². The normalized spacial score (nSPS) is 13.7. The summed E-state index contributed by atoms with van der Waals surface area (Å²) in [7, 11) is 0. The summed E-state index contributed by atoms with van der Waals surface area (Å²) in [5.74, 6) is 1.55. The Hall–Kier alpha value is -4.90. The van der Waals surface area contributed by atoms with E-state index >= 15 is 0 Å². The molecule has 0 spiro atoms. The van der Waals surface area contributed by atoms with Gasteiger partial charge in [-0.2, -0.15) is 0 Å². The highest BCUT2D eigenvalue weighted by molar-refractivity contribution is 5.92. The first-order valence-corrected chi connectivity index (χ1v) is 13.6. The van der Waals surface area contributed by atoms with Crippen LogP contribution in [-0.4, -0.2) is 41.0 Å². The number of hydrogen-bond acceptors (Lipinski definition) is 6. The maximum Gasteiger partial charge on any atom is 0.229 e. The molecule has 8 heteroatoms. The van der Waals surface area contributed by atoms with Crippen molar-refractivity contribution in [3.8, 4) is 18.6 Å². The highest BCUT2D eigenvalue weighted by Gasteiger charge is 2.21. The van der Waals surface area contributed by atoms with E-state index in [1.807, 2.05) is 80.6 Å². The van der Waals surface area contributed by atoms with Crippen LogP contribution in [0.15, 0.2) is 90.8 Å². The first-order chi connectivity index (χ1) is 20.0. The number of carbonyl (C=O) groups excluding carboxylic acids is 2. The van der Waals surface area contributed by atoms with Crippen molar-refractivity contribution in [2.45, 2.75) is 45.6 Å². The Morgan fingerprint density at radius 3 is 2.17 bits per heavy atom. The van der Waals surface area contributed by atoms with Gasteiger partial charge in [0, 0.05) is 25.9 Å². The van der Waals surface area contributed by atoms with Crippen LogP contribution < -0.4 is 20.3 Å². The van der Waals surface area contributed by atoms with Gasteiger partial charge in [0.1, 0.15) is 23.5 Å². The van der Waals surface area contributed by atoms with Gasteiger partial charge < -0.3 is 20.3 Å². The number of benzene rings is 1. The van der Waals surface area contributed by atoms with Gasteiger partial charge >= 0.3 is 0 Å². The zero-order chi connectivity index (χ0) is 29.5. The molecule has 0 aliphatic carbocycles. The maximum absolute atomic E-state index is 12.3. The minimum Gasteiger partial charge on any atom is -0.489 e. The van der Waals surface area contributed by atoms with E-state index in [9.17, 15) is 9.59 Å². The molecule has 0 radical (unpaired) electrons. The number of terminal acetylenes is 1. The third kappa shape index (κ3) is 9.97. The largest absolute Gasteiger partial charge is 0.489 e. The number of nitrogens with one attached hydrogen (secondary N) is 2. The second-order valence-corrected chi connectivity index (χ2v) is 9.38. The lowest BCUT2D eigenvalue weighted by Crippen LogP contribution is -2.38. The van der Waals surface area contributed by atoms with Crippen LogP contribution in [0.2, 0.25) is 0 Å². The van der Waals surface area contributed by atoms with Gasteiger partial charge in [0.05, 0.1) is 30.9 Å². The fraction of sp³-hybridized carbons (Fsp3) is 0.273. The topological polar surface area (TPSA) is 96.5 Å². The number of pyridine rings is 2. The molecule has 1 fully saturated rings. The van der Waals surface area contributed by atoms with Crippen LogP contribution in [-0.2, 0) is 16.0 Å². The summed E-state index contributed by atoms with van der Waals surface area (Å²) in [6.45, 7) is 5.54. The molecule has 0 unspecified atom stereocenters. The van der Waals surface area contributed by atoms with Gasteiger partial charge in [0.2, 0.25) is 11.8 Å². The third-order valence-corrected chi connectivity index (χ3v) is 6.45. The number of piperidine rings is 1. The Balaban J connectivity index is 0.00000226. The Kier molecular flexibility index (Phi) is 12.2. The standard InChI is InChI=1S/C31H35N5O3.C2H2/c1-3-8-23(4-2)19-30(37)34-28-13-11-25(21-32-28)36-17-15-26(16-18-36)39-27-12-14-29(33-22-27)35-31(38)20-24-9-6-5-7-10-24;1-2/h3-14,21-22,26H,15-20H2,1-2H3,(H,32,34,37)(H,33,35,38);1-2H/b8-3-,23-4+;. The minimum absolute atomic E-state index is 0.0866. The Morgan fingerprint density at radius 1 is 0.927 bits per heavy atom. The molecule has 2 amide bonds. The summed E-state index contributed by atoms with van der Waals surface area (Å²) in [4.78, 5) is 35.6. The smallest absolute Gasteiger partial charge is 0.229 e. The quantitative estimate of drug-likeness (QED) is 0.244. The second kappa shape index (κ2) is 16.3. The van der Waals surface area contributed by atoms with Gasteiger partial charge in [-0.05, 0) is 49.2 Å². The molecule has 0 atom stereocenters. The number of ether oxygens (including phenoxy) is 1. The number of aromatic nitrogens is 2. The lowest BCUT2D eigenvalue weighted by atomic mass is 10.1. The molecular formula is C33H37N5O3. The lowest BCUT2D eigenvalue weighted by Gasteiger charge is -2.33. The highest BCUT2D eigenvalue weighted by atomic mass is 16.5. The van der Waals surface area contributed by atoms with Gasteiger partial charge in [0.25, 0.3) is 0 Å². The van der Waals surface area contributed by atoms with Crippen molar-refractivity contribution in [2.75, 3.05) is 28.6 Å². The van der Waals surface area contributed by atoms with Crippen LogP contribution in [0.4, 0.5) is 17.3 Å². The van der Waals surface area contributed by atoms with Crippen molar-refractivity contribution in [1.82, 2.24) is 9.97 Å². The molecule has 1 aliphatic rings. The van der Waals surface area contributed by atoms with Gasteiger partial charge in [-0.3, -0.25) is 9.59 Å². The monoisotopic (exact) mass is 551 g/mol. The first kappa shape index (κ1) is 30.6. The van der Waals surface area contributed by atoms with E-state index in [2.05, 4.69) is 38.3 Å². The van der Waals surface area contributed by atoms with E-state index in [1.165, 1.54) is 0 Å². The molecule has 2 N–H and O–H groups in total. The first-order valence-electron chi connectivity index (χ1n) is 13.6. The van der Waals surface area contributed by atoms with E-state index < -0.39 is 0 Å². The van der Waals surface area contributed by atoms with E-state index in [0.29, 0.717) is 30.2 Å². The number of anilines is 3. The average Bonchev–Trinajstić information content (AvgIpc) is 3.00. The lowest BCUT2D eigenvalue weighted by molar-refractivity contribution is -0.116. The van der Waals surface area contributed by atoms with Crippen molar-refractivity contribution in [2.24, 2.45) is 0 Å². The van der Waals surface area contributed by atoms with Crippen molar-refractivity contribution in [3.05, 3.63) is 96.4 Å². The van der Waals surface area contributed by atoms with Gasteiger partial charge in [-0.15, -0.1) is 12.8 Å². The number of hydrogen-bond donors (Lipinski definition) is 2. The van der Waals surface area contributed by atoms with Crippen LogP contribution >= 0.6 is 0 Å². The Labute approximate surface area is 242 Å². The molecule has 3 aromatic rings. The van der Waals surface area contributed by atoms with Crippen LogP contribution in [0.25, 0.3) is 0 Å². The molecular weight excluding hydrogens is 514 g/mol. The summed E-state index contributed by atoms with van der Waals surface area (Å²) >= 11 is 0. The SMILES string of the molecule is C#C.C/C=C\C(=C/C)CC(=O)Nc1ccc(N2CCC(Oc3ccc(NC(=O)Cc4ccccc4)nc3)CC2)cn1. The molecule has 1 aliphatic heterocycles. The molecule has 1 aromatic carbocycles. The molecule has 212 valence electrons. The fourth-order valence-electron chi connectivity index (χ4n) is 4.41. The van der Waals surface area contributed by atoms with Gasteiger partial charge in [-0.1, -0.05) is 48.6 Å². The van der Waals surface area contributed by atoms with Gasteiger partial charge in [-0.25, -0.2) is 9.97 Å². The fourth-order valence-corrected chi connectivity index (χ4v) is 4.41. The zero-order valence-electron chi connectivity index (χ0n) is 23.6. The molecule has 4 rings (SSSR count). The minimum atomic E-state index is -0.105. The van der Waals surface area contributed by atoms with Crippen LogP contribution in [0, 0.1) is 12.8 Å². The molecule has 0 bridgehead atoms. The van der Waals surface area contributed by atoms with E-state index in [1.54, 1.807) is 18.5 Å². The Bertz CT molecular complexity index is 1320. The van der Waals surface area contributed by atoms with Gasteiger partial charge in [0.15, 0.2) is 0 Å². The molecule has 3 heterocycles. The van der Waals surface area contributed by atoms with Crippen LogP contribution in [0.5, 0.6) is 5.75 Å². The van der Waals surface area contributed by atoms with Crippen molar-refractivity contribution < 1.29 is 14.3 Å². The molecule has 1 saturated heterocycles. The van der Waals surface area contributed by atoms with E-state index in [0.717, 1.165) is 42.8 Å². The number of allylic oxidation sites excluding steroid dienone is 3. The average molecular weight is 552 g/mol. The molecule has 41 heavy (non-hydrogen) atoms. The van der Waals surface area contributed by atoms with E-state index in [-0.39, 0.29) is 17.9 Å². The summed E-state index contributed by atoms with van der Waals surface area (Å²) < 4.78 is 6.14. The molecule has 0 saturated carbocycles. The summed E-state index contributed by atoms with van der Waals surface area (Å²) in [6.07, 6.45) is 19.7. The number of amides is 2. The predicted octanol–water partition coefficient (Wildman–Crippen LogP) is 5.81. The summed E-state index contributed by atoms with van der Waals surface area (Å²) in [6, 6.07) is 17.0. The maximum atomic E-state index is 12.3. The van der Waals surface area contributed by atoms with Crippen LogP contribution in [0.1, 0.15) is 38.7 Å². The van der Waals surface area contributed by atoms with Crippen molar-refractivity contribution >= 4 is 29.1 Å². The van der Waals surface area contributed by atoms with E-state index in [4.69, 9.17) is 4.74 Å². The third-order valence-electron chi connectivity index (χ3n) is 6.45.